The molecule has 1 rings (SSSR count). The van der Waals surface area contributed by atoms with E-state index in [1.54, 1.807) is 0 Å². The van der Waals surface area contributed by atoms with Crippen LogP contribution in [0.1, 0.15) is 51.9 Å². The lowest BCUT2D eigenvalue weighted by molar-refractivity contribution is -0.122. The first-order chi connectivity index (χ1) is 7.16. The smallest absolute Gasteiger partial charge is 0.220 e. The van der Waals surface area contributed by atoms with Crippen molar-refractivity contribution < 1.29 is 4.79 Å². The van der Waals surface area contributed by atoms with E-state index in [1.807, 2.05) is 0 Å². The van der Waals surface area contributed by atoms with Crippen LogP contribution in [0.2, 0.25) is 0 Å². The van der Waals surface area contributed by atoms with E-state index < -0.39 is 0 Å². The second-order valence-electron chi connectivity index (χ2n) is 5.04. The standard InChI is InChI=1S/C12H24N2O/c1-12(7-5-8-12)10-14-11(15)6-3-2-4-9-13/h2-10,13H2,1H3,(H,14,15). The Morgan fingerprint density at radius 1 is 1.33 bits per heavy atom. The second kappa shape index (κ2) is 6.11. The van der Waals surface area contributed by atoms with Crippen molar-refractivity contribution in [3.05, 3.63) is 0 Å². The zero-order valence-electron chi connectivity index (χ0n) is 9.85. The van der Waals surface area contributed by atoms with Gasteiger partial charge in [0.05, 0.1) is 0 Å². The van der Waals surface area contributed by atoms with Crippen molar-refractivity contribution in [2.75, 3.05) is 13.1 Å². The van der Waals surface area contributed by atoms with Gasteiger partial charge in [-0.15, -0.1) is 0 Å². The molecule has 3 heteroatoms. The van der Waals surface area contributed by atoms with Crippen LogP contribution >= 0.6 is 0 Å². The van der Waals surface area contributed by atoms with Crippen LogP contribution in [0.25, 0.3) is 0 Å². The molecule has 0 spiro atoms. The Kier molecular flexibility index (Phi) is 5.09. The molecule has 0 atom stereocenters. The average Bonchev–Trinajstić information content (AvgIpc) is 2.19. The van der Waals surface area contributed by atoms with Crippen LogP contribution in [0.4, 0.5) is 0 Å². The van der Waals surface area contributed by atoms with Gasteiger partial charge < -0.3 is 11.1 Å². The molecule has 1 aliphatic rings. The van der Waals surface area contributed by atoms with Gasteiger partial charge in [-0.2, -0.15) is 0 Å². The zero-order chi connectivity index (χ0) is 11.1. The number of unbranched alkanes of at least 4 members (excludes halogenated alkanes) is 2. The monoisotopic (exact) mass is 212 g/mol. The quantitative estimate of drug-likeness (QED) is 0.632. The molecule has 0 heterocycles. The maximum Gasteiger partial charge on any atom is 0.220 e. The summed E-state index contributed by atoms with van der Waals surface area (Å²) in [5.41, 5.74) is 5.78. The molecule has 1 aliphatic carbocycles. The molecule has 0 aromatic rings. The maximum atomic E-state index is 11.5. The van der Waals surface area contributed by atoms with Crippen molar-refractivity contribution in [3.63, 3.8) is 0 Å². The van der Waals surface area contributed by atoms with Crippen LogP contribution in [0.15, 0.2) is 0 Å². The minimum atomic E-state index is 0.208. The van der Waals surface area contributed by atoms with Crippen LogP contribution in [-0.2, 0) is 4.79 Å². The Bertz CT molecular complexity index is 200. The summed E-state index contributed by atoms with van der Waals surface area (Å²) in [5, 5.41) is 3.03. The van der Waals surface area contributed by atoms with Gasteiger partial charge in [-0.1, -0.05) is 19.8 Å². The third kappa shape index (κ3) is 4.65. The Morgan fingerprint density at radius 3 is 2.60 bits per heavy atom. The van der Waals surface area contributed by atoms with Gasteiger partial charge in [0.25, 0.3) is 0 Å². The summed E-state index contributed by atoms with van der Waals surface area (Å²) in [6.45, 7) is 3.85. The molecule has 0 bridgehead atoms. The van der Waals surface area contributed by atoms with Crippen LogP contribution in [-0.4, -0.2) is 19.0 Å². The van der Waals surface area contributed by atoms with Gasteiger partial charge >= 0.3 is 0 Å². The molecule has 0 saturated heterocycles. The first-order valence-electron chi connectivity index (χ1n) is 6.13. The Morgan fingerprint density at radius 2 is 2.07 bits per heavy atom. The van der Waals surface area contributed by atoms with Gasteiger partial charge in [-0.25, -0.2) is 0 Å². The van der Waals surface area contributed by atoms with Gasteiger partial charge in [-0.3, -0.25) is 4.79 Å². The van der Waals surface area contributed by atoms with Gasteiger partial charge in [0.15, 0.2) is 0 Å². The first-order valence-corrected chi connectivity index (χ1v) is 6.13. The summed E-state index contributed by atoms with van der Waals surface area (Å²) in [6.07, 6.45) is 7.59. The largest absolute Gasteiger partial charge is 0.356 e. The molecule has 0 aromatic carbocycles. The summed E-state index contributed by atoms with van der Waals surface area (Å²) in [5.74, 6) is 0.208. The van der Waals surface area contributed by atoms with E-state index in [4.69, 9.17) is 5.73 Å². The van der Waals surface area contributed by atoms with Crippen molar-refractivity contribution in [2.24, 2.45) is 11.1 Å². The van der Waals surface area contributed by atoms with E-state index in [0.29, 0.717) is 11.8 Å². The van der Waals surface area contributed by atoms with Crippen molar-refractivity contribution in [2.45, 2.75) is 51.9 Å². The molecule has 15 heavy (non-hydrogen) atoms. The molecule has 0 aromatic heterocycles. The SMILES string of the molecule is CC1(CNC(=O)CCCCCN)CCC1. The number of nitrogens with two attached hydrogens (primary N) is 1. The fourth-order valence-corrected chi connectivity index (χ4v) is 1.96. The van der Waals surface area contributed by atoms with Gasteiger partial charge in [-0.05, 0) is 37.6 Å². The van der Waals surface area contributed by atoms with Crippen LogP contribution < -0.4 is 11.1 Å². The van der Waals surface area contributed by atoms with Crippen LogP contribution in [0.3, 0.4) is 0 Å². The maximum absolute atomic E-state index is 11.5. The van der Waals surface area contributed by atoms with E-state index in [9.17, 15) is 4.79 Å². The second-order valence-corrected chi connectivity index (χ2v) is 5.04. The van der Waals surface area contributed by atoms with Crippen molar-refractivity contribution in [3.8, 4) is 0 Å². The molecule has 1 saturated carbocycles. The molecular formula is C12H24N2O. The van der Waals surface area contributed by atoms with E-state index in [2.05, 4.69) is 12.2 Å². The number of rotatable bonds is 7. The Balaban J connectivity index is 1.98. The lowest BCUT2D eigenvalue weighted by Crippen LogP contribution is -2.39. The molecule has 3 nitrogen and oxygen atoms in total. The third-order valence-corrected chi connectivity index (χ3v) is 3.38. The molecule has 0 radical (unpaired) electrons. The van der Waals surface area contributed by atoms with E-state index >= 15 is 0 Å². The lowest BCUT2D eigenvalue weighted by atomic mass is 9.70. The number of amides is 1. The molecule has 1 amide bonds. The van der Waals surface area contributed by atoms with Crippen molar-refractivity contribution in [1.29, 1.82) is 0 Å². The zero-order valence-corrected chi connectivity index (χ0v) is 9.85. The summed E-state index contributed by atoms with van der Waals surface area (Å²) in [6, 6.07) is 0. The highest BCUT2D eigenvalue weighted by molar-refractivity contribution is 5.75. The van der Waals surface area contributed by atoms with E-state index in [-0.39, 0.29) is 5.91 Å². The summed E-state index contributed by atoms with van der Waals surface area (Å²) in [4.78, 5) is 11.5. The van der Waals surface area contributed by atoms with Crippen LogP contribution in [0.5, 0.6) is 0 Å². The third-order valence-electron chi connectivity index (χ3n) is 3.38. The highest BCUT2D eigenvalue weighted by atomic mass is 16.1. The van der Waals surface area contributed by atoms with Crippen molar-refractivity contribution >= 4 is 5.91 Å². The molecule has 3 N–H and O–H groups in total. The fraction of sp³-hybridized carbons (Fsp3) is 0.917. The predicted octanol–water partition coefficient (Wildman–Crippen LogP) is 1.81. The van der Waals surface area contributed by atoms with Gasteiger partial charge in [0.2, 0.25) is 5.91 Å². The molecule has 88 valence electrons. The summed E-state index contributed by atoms with van der Waals surface area (Å²) >= 11 is 0. The highest BCUT2D eigenvalue weighted by Crippen LogP contribution is 2.39. The molecular weight excluding hydrogens is 188 g/mol. The summed E-state index contributed by atoms with van der Waals surface area (Å²) in [7, 11) is 0. The Labute approximate surface area is 92.8 Å². The molecule has 1 fully saturated rings. The number of carbonyl (C=O) groups excluding carboxylic acids is 1. The topological polar surface area (TPSA) is 55.1 Å². The van der Waals surface area contributed by atoms with E-state index in [1.165, 1.54) is 19.3 Å². The Hall–Kier alpha value is -0.570. The fourth-order valence-electron chi connectivity index (χ4n) is 1.96. The number of carbonyl (C=O) groups is 1. The average molecular weight is 212 g/mol. The normalized spacial score (nSPS) is 18.3. The molecule has 0 aliphatic heterocycles. The number of hydrogen-bond donors (Lipinski definition) is 2. The van der Waals surface area contributed by atoms with Crippen molar-refractivity contribution in [1.82, 2.24) is 5.32 Å². The lowest BCUT2D eigenvalue weighted by Gasteiger charge is -2.38. The first kappa shape index (κ1) is 12.5. The summed E-state index contributed by atoms with van der Waals surface area (Å²) < 4.78 is 0. The highest BCUT2D eigenvalue weighted by Gasteiger charge is 2.31. The predicted molar refractivity (Wildman–Crippen MR) is 62.5 cm³/mol. The van der Waals surface area contributed by atoms with Gasteiger partial charge in [0.1, 0.15) is 0 Å². The molecule has 0 unspecified atom stereocenters. The van der Waals surface area contributed by atoms with Gasteiger partial charge in [0, 0.05) is 13.0 Å². The number of hydrogen-bond acceptors (Lipinski definition) is 2. The number of nitrogens with one attached hydrogen (secondary N) is 1. The minimum Gasteiger partial charge on any atom is -0.356 e. The van der Waals surface area contributed by atoms with Crippen LogP contribution in [0, 0.1) is 5.41 Å². The van der Waals surface area contributed by atoms with E-state index in [0.717, 1.165) is 32.4 Å². The minimum absolute atomic E-state index is 0.208.